The van der Waals surface area contributed by atoms with E-state index >= 15 is 0 Å². The lowest BCUT2D eigenvalue weighted by atomic mass is 10.1. The second-order valence-corrected chi connectivity index (χ2v) is 7.78. The summed E-state index contributed by atoms with van der Waals surface area (Å²) in [5.41, 5.74) is 0.746. The molecule has 5 nitrogen and oxygen atoms in total. The van der Waals surface area contributed by atoms with Crippen LogP contribution in [0.1, 0.15) is 19.4 Å². The van der Waals surface area contributed by atoms with Gasteiger partial charge in [0.2, 0.25) is 5.91 Å². The van der Waals surface area contributed by atoms with Crippen molar-refractivity contribution in [3.8, 4) is 5.75 Å². The van der Waals surface area contributed by atoms with Gasteiger partial charge in [-0.15, -0.1) is 0 Å². The van der Waals surface area contributed by atoms with Gasteiger partial charge in [-0.25, -0.2) is 0 Å². The van der Waals surface area contributed by atoms with E-state index in [1.807, 2.05) is 25.1 Å². The molecule has 0 radical (unpaired) electrons. The maximum Gasteiger partial charge on any atom is 0.261 e. The summed E-state index contributed by atoms with van der Waals surface area (Å²) >= 11 is 15.7. The lowest BCUT2D eigenvalue weighted by Crippen LogP contribution is -2.49. The van der Waals surface area contributed by atoms with Crippen LogP contribution < -0.4 is 10.1 Å². The van der Waals surface area contributed by atoms with Crippen LogP contribution in [0.4, 0.5) is 0 Å². The van der Waals surface area contributed by atoms with E-state index in [1.165, 1.54) is 4.90 Å². The van der Waals surface area contributed by atoms with E-state index in [9.17, 15) is 9.59 Å². The molecule has 2 aromatic carbocycles. The van der Waals surface area contributed by atoms with Crippen LogP contribution in [0.5, 0.6) is 5.75 Å². The highest BCUT2D eigenvalue weighted by atomic mass is 79.9. The fraction of sp³-hybridized carbons (Fsp3) is 0.300. The number of ether oxygens (including phenoxy) is 1. The summed E-state index contributed by atoms with van der Waals surface area (Å²) in [6.07, 6.45) is 0. The number of likely N-dealkylation sites (N-methyl/N-ethyl adjacent to an activating group) is 1. The zero-order chi connectivity index (χ0) is 20.7. The number of carbonyl (C=O) groups excluding carboxylic acids is 2. The molecule has 1 N–H and O–H groups in total. The number of amides is 2. The molecule has 150 valence electrons. The molecule has 2 aromatic rings. The Morgan fingerprint density at radius 1 is 1.18 bits per heavy atom. The summed E-state index contributed by atoms with van der Waals surface area (Å²) in [7, 11) is 0. The molecule has 0 aliphatic rings. The van der Waals surface area contributed by atoms with Crippen molar-refractivity contribution < 1.29 is 14.3 Å². The third kappa shape index (κ3) is 6.12. The van der Waals surface area contributed by atoms with Crippen LogP contribution in [0, 0.1) is 0 Å². The van der Waals surface area contributed by atoms with Crippen molar-refractivity contribution in [3.05, 3.63) is 62.5 Å². The average molecular weight is 488 g/mol. The van der Waals surface area contributed by atoms with Crippen LogP contribution in [-0.2, 0) is 16.1 Å². The van der Waals surface area contributed by atoms with Crippen molar-refractivity contribution >= 4 is 50.9 Å². The molecule has 28 heavy (non-hydrogen) atoms. The molecule has 0 fully saturated rings. The van der Waals surface area contributed by atoms with Gasteiger partial charge in [0.15, 0.2) is 6.61 Å². The van der Waals surface area contributed by atoms with Crippen LogP contribution in [0.15, 0.2) is 46.9 Å². The topological polar surface area (TPSA) is 58.6 Å². The number of rotatable bonds is 8. The minimum absolute atomic E-state index is 0.189. The maximum absolute atomic E-state index is 12.9. The molecule has 0 bridgehead atoms. The number of hydrogen-bond donors (Lipinski definition) is 1. The van der Waals surface area contributed by atoms with Crippen molar-refractivity contribution in [3.63, 3.8) is 0 Å². The monoisotopic (exact) mass is 486 g/mol. The molecule has 8 heteroatoms. The summed E-state index contributed by atoms with van der Waals surface area (Å²) in [5, 5.41) is 3.65. The van der Waals surface area contributed by atoms with Gasteiger partial charge in [-0.1, -0.05) is 57.3 Å². The van der Waals surface area contributed by atoms with Gasteiger partial charge in [0, 0.05) is 22.6 Å². The first kappa shape index (κ1) is 22.5. The van der Waals surface area contributed by atoms with Crippen LogP contribution in [0.2, 0.25) is 10.0 Å². The fourth-order valence-electron chi connectivity index (χ4n) is 2.53. The van der Waals surface area contributed by atoms with Crippen LogP contribution >= 0.6 is 39.1 Å². The Kier molecular flexibility index (Phi) is 8.60. The number of halogens is 3. The number of carbonyl (C=O) groups is 2. The SMILES string of the molecule is CCNC(=O)C(C)N(Cc1ccccc1Cl)C(=O)COc1ccc(Br)cc1Cl. The number of hydrogen-bond acceptors (Lipinski definition) is 3. The standard InChI is InChI=1S/C20H21BrCl2N2O3/c1-3-24-20(27)13(2)25(11-14-6-4-5-7-16(14)22)19(26)12-28-18-9-8-15(21)10-17(18)23/h4-10,13H,3,11-12H2,1-2H3,(H,24,27). The van der Waals surface area contributed by atoms with Crippen molar-refractivity contribution in [2.75, 3.05) is 13.2 Å². The molecule has 0 aliphatic heterocycles. The molecule has 0 aromatic heterocycles. The predicted octanol–water partition coefficient (Wildman–Crippen LogP) is 4.69. The van der Waals surface area contributed by atoms with Gasteiger partial charge in [0.05, 0.1) is 5.02 Å². The summed E-state index contributed by atoms with van der Waals surface area (Å²) in [6.45, 7) is 3.90. The van der Waals surface area contributed by atoms with Gasteiger partial charge in [0.25, 0.3) is 5.91 Å². The largest absolute Gasteiger partial charge is 0.482 e. The van der Waals surface area contributed by atoms with E-state index in [-0.39, 0.29) is 25.0 Å². The van der Waals surface area contributed by atoms with E-state index in [2.05, 4.69) is 21.2 Å². The first-order chi connectivity index (χ1) is 13.3. The Labute approximate surface area is 183 Å². The molecule has 0 spiro atoms. The Bertz CT molecular complexity index is 848. The fourth-order valence-corrected chi connectivity index (χ4v) is 3.45. The quantitative estimate of drug-likeness (QED) is 0.587. The lowest BCUT2D eigenvalue weighted by Gasteiger charge is -2.29. The van der Waals surface area contributed by atoms with Crippen molar-refractivity contribution in [2.45, 2.75) is 26.4 Å². The number of nitrogens with zero attached hydrogens (tertiary/aromatic N) is 1. The van der Waals surface area contributed by atoms with Crippen molar-refractivity contribution in [1.29, 1.82) is 0 Å². The van der Waals surface area contributed by atoms with Gasteiger partial charge in [-0.05, 0) is 43.7 Å². The zero-order valence-corrected chi connectivity index (χ0v) is 18.6. The van der Waals surface area contributed by atoms with Gasteiger partial charge < -0.3 is 15.0 Å². The minimum atomic E-state index is -0.687. The Morgan fingerprint density at radius 2 is 1.89 bits per heavy atom. The Hall–Kier alpha value is -1.76. The highest BCUT2D eigenvalue weighted by Gasteiger charge is 2.26. The number of benzene rings is 2. The molecule has 0 saturated heterocycles. The number of nitrogens with one attached hydrogen (secondary N) is 1. The zero-order valence-electron chi connectivity index (χ0n) is 15.5. The molecule has 0 saturated carbocycles. The normalized spacial score (nSPS) is 11.6. The van der Waals surface area contributed by atoms with Crippen LogP contribution in [0.3, 0.4) is 0 Å². The summed E-state index contributed by atoms with van der Waals surface area (Å²) in [6, 6.07) is 11.6. The van der Waals surface area contributed by atoms with Crippen LogP contribution in [-0.4, -0.2) is 35.9 Å². The predicted molar refractivity (Wildman–Crippen MR) is 115 cm³/mol. The van der Waals surface area contributed by atoms with E-state index in [0.717, 1.165) is 10.0 Å². The molecular formula is C20H21BrCl2N2O3. The second kappa shape index (κ2) is 10.7. The molecule has 1 atom stereocenters. The minimum Gasteiger partial charge on any atom is -0.482 e. The molecular weight excluding hydrogens is 467 g/mol. The van der Waals surface area contributed by atoms with E-state index in [0.29, 0.717) is 22.3 Å². The molecule has 2 rings (SSSR count). The highest BCUT2D eigenvalue weighted by molar-refractivity contribution is 9.10. The van der Waals surface area contributed by atoms with Crippen molar-refractivity contribution in [2.24, 2.45) is 0 Å². The molecule has 0 aliphatic carbocycles. The lowest BCUT2D eigenvalue weighted by molar-refractivity contribution is -0.142. The smallest absolute Gasteiger partial charge is 0.261 e. The van der Waals surface area contributed by atoms with E-state index in [1.54, 1.807) is 31.2 Å². The van der Waals surface area contributed by atoms with Gasteiger partial charge in [0.1, 0.15) is 11.8 Å². The second-order valence-electron chi connectivity index (χ2n) is 6.05. The first-order valence-corrected chi connectivity index (χ1v) is 10.3. The Morgan fingerprint density at radius 3 is 2.54 bits per heavy atom. The summed E-state index contributed by atoms with van der Waals surface area (Å²) < 4.78 is 6.39. The summed E-state index contributed by atoms with van der Waals surface area (Å²) in [4.78, 5) is 26.7. The van der Waals surface area contributed by atoms with Gasteiger partial charge in [-0.3, -0.25) is 9.59 Å². The van der Waals surface area contributed by atoms with Crippen LogP contribution in [0.25, 0.3) is 0 Å². The van der Waals surface area contributed by atoms with Gasteiger partial charge in [-0.2, -0.15) is 0 Å². The average Bonchev–Trinajstić information content (AvgIpc) is 2.66. The molecule has 1 unspecified atom stereocenters. The Balaban J connectivity index is 2.18. The van der Waals surface area contributed by atoms with E-state index < -0.39 is 6.04 Å². The maximum atomic E-state index is 12.9. The molecule has 0 heterocycles. The summed E-state index contributed by atoms with van der Waals surface area (Å²) in [5.74, 6) is -0.205. The molecule has 2 amide bonds. The van der Waals surface area contributed by atoms with Gasteiger partial charge >= 0.3 is 0 Å². The van der Waals surface area contributed by atoms with E-state index in [4.69, 9.17) is 27.9 Å². The van der Waals surface area contributed by atoms with Crippen molar-refractivity contribution in [1.82, 2.24) is 10.2 Å². The third-order valence-corrected chi connectivity index (χ3v) is 5.22. The highest BCUT2D eigenvalue weighted by Crippen LogP contribution is 2.28. The first-order valence-electron chi connectivity index (χ1n) is 8.72. The third-order valence-electron chi connectivity index (χ3n) is 4.06.